The molecule has 1 aromatic rings. The van der Waals surface area contributed by atoms with E-state index >= 15 is 0 Å². The van der Waals surface area contributed by atoms with Crippen LogP contribution in [0.15, 0.2) is 28.7 Å². The summed E-state index contributed by atoms with van der Waals surface area (Å²) in [7, 11) is 0. The van der Waals surface area contributed by atoms with Crippen LogP contribution in [-0.2, 0) is 4.74 Å². The zero-order chi connectivity index (χ0) is 15.1. The maximum atomic E-state index is 5.51. The van der Waals surface area contributed by atoms with Gasteiger partial charge in [-0.15, -0.1) is 0 Å². The lowest BCUT2D eigenvalue weighted by Crippen LogP contribution is -2.49. The molecule has 114 valence electrons. The van der Waals surface area contributed by atoms with E-state index in [9.17, 15) is 0 Å². The van der Waals surface area contributed by atoms with Crippen molar-refractivity contribution in [2.45, 2.75) is 18.9 Å². The van der Waals surface area contributed by atoms with E-state index in [-0.39, 0.29) is 6.10 Å². The third-order valence-electron chi connectivity index (χ3n) is 2.91. The fourth-order valence-electron chi connectivity index (χ4n) is 1.87. The largest absolute Gasteiger partial charge is 0.376 e. The van der Waals surface area contributed by atoms with Crippen LogP contribution in [0.3, 0.4) is 0 Å². The summed E-state index contributed by atoms with van der Waals surface area (Å²) < 4.78 is 6.52. The smallest absolute Gasteiger partial charge is 0.189 e. The third-order valence-corrected chi connectivity index (χ3v) is 3.89. The zero-order valence-electron chi connectivity index (χ0n) is 11.3. The van der Waals surface area contributed by atoms with Crippen molar-refractivity contribution in [3.8, 4) is 0 Å². The quantitative estimate of drug-likeness (QED) is 0.468. The number of ether oxygens (including phenoxy) is 1. The average Bonchev–Trinajstić information content (AvgIpc) is 2.99. The molecule has 1 atom stereocenters. The summed E-state index contributed by atoms with van der Waals surface area (Å²) in [4.78, 5) is 0. The van der Waals surface area contributed by atoms with Crippen LogP contribution < -0.4 is 21.5 Å². The van der Waals surface area contributed by atoms with E-state index in [1.807, 2.05) is 24.3 Å². The predicted molar refractivity (Wildman–Crippen MR) is 96.2 cm³/mol. The fourth-order valence-corrected chi connectivity index (χ4v) is 2.43. The Morgan fingerprint density at radius 3 is 2.57 bits per heavy atom. The molecule has 0 saturated carbocycles. The molecular formula is C13H17BrN4OS2. The summed E-state index contributed by atoms with van der Waals surface area (Å²) in [5.74, 6) is 0. The molecule has 8 heteroatoms. The van der Waals surface area contributed by atoms with Crippen molar-refractivity contribution in [1.29, 1.82) is 0 Å². The second-order valence-corrected chi connectivity index (χ2v) is 6.29. The van der Waals surface area contributed by atoms with Crippen molar-refractivity contribution in [3.63, 3.8) is 0 Å². The van der Waals surface area contributed by atoms with Gasteiger partial charge in [-0.2, -0.15) is 0 Å². The molecule has 4 N–H and O–H groups in total. The van der Waals surface area contributed by atoms with Gasteiger partial charge in [0.15, 0.2) is 10.2 Å². The van der Waals surface area contributed by atoms with Gasteiger partial charge in [0.2, 0.25) is 0 Å². The molecule has 1 heterocycles. The standard InChI is InChI=1S/C13H17BrN4OS2/c14-9-3-5-10(6-4-9)16-13(21)18-17-12(20)15-8-11-2-1-7-19-11/h3-6,11H,1-2,7-8H2,(H2,15,17,20)(H2,16,18,21)/t11-/m1/s1. The molecule has 1 aliphatic rings. The zero-order valence-corrected chi connectivity index (χ0v) is 14.5. The van der Waals surface area contributed by atoms with E-state index < -0.39 is 0 Å². The highest BCUT2D eigenvalue weighted by atomic mass is 79.9. The Kier molecular flexibility index (Phi) is 6.62. The molecular weight excluding hydrogens is 372 g/mol. The summed E-state index contributed by atoms with van der Waals surface area (Å²) in [5.41, 5.74) is 6.57. The van der Waals surface area contributed by atoms with E-state index in [1.54, 1.807) is 0 Å². The van der Waals surface area contributed by atoms with Crippen LogP contribution >= 0.6 is 40.4 Å². The van der Waals surface area contributed by atoms with Crippen molar-refractivity contribution in [2.24, 2.45) is 0 Å². The lowest BCUT2D eigenvalue weighted by atomic mass is 10.2. The summed E-state index contributed by atoms with van der Waals surface area (Å²) in [6.45, 7) is 1.55. The number of anilines is 1. The Balaban J connectivity index is 1.63. The second-order valence-electron chi connectivity index (χ2n) is 4.56. The average molecular weight is 389 g/mol. The first-order valence-corrected chi connectivity index (χ1v) is 8.22. The lowest BCUT2D eigenvalue weighted by Gasteiger charge is -2.16. The van der Waals surface area contributed by atoms with Crippen molar-refractivity contribution in [2.75, 3.05) is 18.5 Å². The summed E-state index contributed by atoms with van der Waals surface area (Å²) >= 11 is 13.7. The molecule has 1 aliphatic heterocycles. The number of halogens is 1. The van der Waals surface area contributed by atoms with Gasteiger partial charge in [0.05, 0.1) is 6.10 Å². The normalized spacial score (nSPS) is 17.1. The van der Waals surface area contributed by atoms with Gasteiger partial charge >= 0.3 is 0 Å². The van der Waals surface area contributed by atoms with E-state index in [2.05, 4.69) is 37.4 Å². The van der Waals surface area contributed by atoms with Crippen LogP contribution in [0.2, 0.25) is 0 Å². The highest BCUT2D eigenvalue weighted by molar-refractivity contribution is 9.10. The molecule has 1 aromatic carbocycles. The van der Waals surface area contributed by atoms with Gasteiger partial charge in [-0.25, -0.2) is 0 Å². The van der Waals surface area contributed by atoms with Crippen LogP contribution in [-0.4, -0.2) is 29.5 Å². The molecule has 0 radical (unpaired) electrons. The van der Waals surface area contributed by atoms with E-state index in [0.29, 0.717) is 16.8 Å². The Morgan fingerprint density at radius 1 is 1.19 bits per heavy atom. The van der Waals surface area contributed by atoms with Gasteiger partial charge in [0.25, 0.3) is 0 Å². The maximum Gasteiger partial charge on any atom is 0.189 e. The van der Waals surface area contributed by atoms with Crippen LogP contribution in [0.4, 0.5) is 5.69 Å². The number of benzene rings is 1. The number of hydrazine groups is 1. The molecule has 1 fully saturated rings. The second kappa shape index (κ2) is 8.47. The Bertz CT molecular complexity index is 491. The van der Waals surface area contributed by atoms with Crippen molar-refractivity contribution in [1.82, 2.24) is 16.2 Å². The summed E-state index contributed by atoms with van der Waals surface area (Å²) in [6.07, 6.45) is 2.44. The van der Waals surface area contributed by atoms with Crippen LogP contribution in [0.5, 0.6) is 0 Å². The first-order chi connectivity index (χ1) is 10.1. The molecule has 0 aliphatic carbocycles. The van der Waals surface area contributed by atoms with Crippen LogP contribution in [0.25, 0.3) is 0 Å². The Morgan fingerprint density at radius 2 is 1.90 bits per heavy atom. The highest BCUT2D eigenvalue weighted by Crippen LogP contribution is 2.13. The number of thiocarbonyl (C=S) groups is 2. The maximum absolute atomic E-state index is 5.51. The number of rotatable bonds is 3. The van der Waals surface area contributed by atoms with Gasteiger partial charge in [-0.05, 0) is 61.5 Å². The minimum atomic E-state index is 0.248. The van der Waals surface area contributed by atoms with E-state index in [1.165, 1.54) is 0 Å². The monoisotopic (exact) mass is 388 g/mol. The topological polar surface area (TPSA) is 57.4 Å². The van der Waals surface area contributed by atoms with Gasteiger partial charge in [-0.3, -0.25) is 10.9 Å². The highest BCUT2D eigenvalue weighted by Gasteiger charge is 2.15. The van der Waals surface area contributed by atoms with Crippen molar-refractivity contribution in [3.05, 3.63) is 28.7 Å². The molecule has 1 saturated heterocycles. The van der Waals surface area contributed by atoms with Crippen LogP contribution in [0, 0.1) is 0 Å². The summed E-state index contributed by atoms with van der Waals surface area (Å²) in [5, 5.41) is 7.07. The number of nitrogens with one attached hydrogen (secondary N) is 4. The predicted octanol–water partition coefficient (Wildman–Crippen LogP) is 2.29. The fraction of sp³-hybridized carbons (Fsp3) is 0.385. The lowest BCUT2D eigenvalue weighted by molar-refractivity contribution is 0.114. The van der Waals surface area contributed by atoms with Gasteiger partial charge < -0.3 is 15.4 Å². The van der Waals surface area contributed by atoms with E-state index in [0.717, 1.165) is 29.6 Å². The van der Waals surface area contributed by atoms with Crippen molar-refractivity contribution >= 4 is 56.3 Å². The molecule has 0 amide bonds. The molecule has 0 bridgehead atoms. The van der Waals surface area contributed by atoms with Gasteiger partial charge in [0.1, 0.15) is 0 Å². The number of hydrogen-bond donors (Lipinski definition) is 4. The van der Waals surface area contributed by atoms with Crippen molar-refractivity contribution < 1.29 is 4.74 Å². The Hall–Kier alpha value is -0.960. The molecule has 0 aromatic heterocycles. The van der Waals surface area contributed by atoms with Crippen LogP contribution in [0.1, 0.15) is 12.8 Å². The van der Waals surface area contributed by atoms with Gasteiger partial charge in [-0.1, -0.05) is 15.9 Å². The molecule has 5 nitrogen and oxygen atoms in total. The SMILES string of the molecule is S=C(NC[C@H]1CCCO1)NNC(=S)Nc1ccc(Br)cc1. The number of hydrogen-bond acceptors (Lipinski definition) is 3. The molecule has 2 rings (SSSR count). The van der Waals surface area contributed by atoms with Gasteiger partial charge in [0, 0.05) is 23.3 Å². The third kappa shape index (κ3) is 6.13. The summed E-state index contributed by atoms with van der Waals surface area (Å²) in [6, 6.07) is 7.72. The minimum Gasteiger partial charge on any atom is -0.376 e. The minimum absolute atomic E-state index is 0.248. The van der Waals surface area contributed by atoms with E-state index in [4.69, 9.17) is 29.2 Å². The molecule has 21 heavy (non-hydrogen) atoms. The molecule has 0 unspecified atom stereocenters. The first-order valence-electron chi connectivity index (χ1n) is 6.61. The first kappa shape index (κ1) is 16.4. The Labute approximate surface area is 143 Å². The molecule has 0 spiro atoms.